The van der Waals surface area contributed by atoms with E-state index in [2.05, 4.69) is 10.6 Å². The van der Waals surface area contributed by atoms with Gasteiger partial charge in [-0.25, -0.2) is 4.79 Å². The van der Waals surface area contributed by atoms with Gasteiger partial charge in [-0.3, -0.25) is 0 Å². The normalized spacial score (nSPS) is 18.0. The number of aliphatic hydroxyl groups excluding tert-OH is 1. The number of carbonyl (C=O) groups excluding carboxylic acids is 1. The molecular formula is C19H18Cl2N2O5. The minimum Gasteiger partial charge on any atom is -0.491 e. The number of ether oxygens (including phenoxy) is 3. The number of fused-ring (bicyclic) bond motifs is 2. The molecule has 148 valence electrons. The van der Waals surface area contributed by atoms with Crippen LogP contribution in [-0.4, -0.2) is 37.5 Å². The van der Waals surface area contributed by atoms with Crippen molar-refractivity contribution in [1.82, 2.24) is 10.6 Å². The molecule has 0 fully saturated rings. The Balaban J connectivity index is 1.35. The maximum Gasteiger partial charge on any atom is 0.315 e. The lowest BCUT2D eigenvalue weighted by Crippen LogP contribution is -2.40. The molecule has 2 aromatic carbocycles. The molecule has 2 aromatic rings. The van der Waals surface area contributed by atoms with Gasteiger partial charge >= 0.3 is 6.03 Å². The number of halogens is 2. The van der Waals surface area contributed by atoms with Crippen LogP contribution in [-0.2, 0) is 0 Å². The van der Waals surface area contributed by atoms with E-state index >= 15 is 0 Å². The minimum absolute atomic E-state index is 0.00220. The number of amides is 2. The van der Waals surface area contributed by atoms with Crippen LogP contribution in [0, 0.1) is 0 Å². The number of urea groups is 1. The zero-order valence-corrected chi connectivity index (χ0v) is 16.2. The number of carbonyl (C=O) groups is 1. The maximum atomic E-state index is 12.2. The number of benzene rings is 2. The molecule has 2 aliphatic rings. The van der Waals surface area contributed by atoms with Gasteiger partial charge in [0.05, 0.1) is 17.2 Å². The van der Waals surface area contributed by atoms with Crippen LogP contribution in [0.15, 0.2) is 30.3 Å². The van der Waals surface area contributed by atoms with Gasteiger partial charge in [0.1, 0.15) is 25.6 Å². The molecule has 0 bridgehead atoms. The Labute approximate surface area is 171 Å². The SMILES string of the molecule is O=C(NCC(O)c1cc(Cl)c2c(c1)OCCO2)NC1COc2ccc(Cl)cc21. The highest BCUT2D eigenvalue weighted by Gasteiger charge is 2.26. The van der Waals surface area contributed by atoms with Crippen LogP contribution in [0.1, 0.15) is 23.3 Å². The quantitative estimate of drug-likeness (QED) is 0.700. The zero-order chi connectivity index (χ0) is 19.7. The first-order valence-corrected chi connectivity index (χ1v) is 9.50. The Morgan fingerprint density at radius 2 is 1.96 bits per heavy atom. The number of nitrogens with one attached hydrogen (secondary N) is 2. The van der Waals surface area contributed by atoms with Crippen molar-refractivity contribution in [2.75, 3.05) is 26.4 Å². The number of rotatable bonds is 4. The topological polar surface area (TPSA) is 89.1 Å². The highest BCUT2D eigenvalue weighted by Crippen LogP contribution is 2.39. The molecule has 0 saturated carbocycles. The van der Waals surface area contributed by atoms with Crippen molar-refractivity contribution in [2.45, 2.75) is 12.1 Å². The molecule has 0 spiro atoms. The molecule has 2 amide bonds. The van der Waals surface area contributed by atoms with Gasteiger partial charge in [-0.2, -0.15) is 0 Å². The van der Waals surface area contributed by atoms with E-state index in [0.717, 1.165) is 5.56 Å². The Hall–Kier alpha value is -2.35. The van der Waals surface area contributed by atoms with Crippen molar-refractivity contribution in [2.24, 2.45) is 0 Å². The van der Waals surface area contributed by atoms with Crippen LogP contribution in [0.25, 0.3) is 0 Å². The third kappa shape index (κ3) is 3.92. The van der Waals surface area contributed by atoms with Gasteiger partial charge in [-0.15, -0.1) is 0 Å². The summed E-state index contributed by atoms with van der Waals surface area (Å²) in [4.78, 5) is 12.2. The third-order valence-electron chi connectivity index (χ3n) is 4.52. The highest BCUT2D eigenvalue weighted by molar-refractivity contribution is 6.32. The molecule has 2 aliphatic heterocycles. The summed E-state index contributed by atoms with van der Waals surface area (Å²) >= 11 is 12.2. The van der Waals surface area contributed by atoms with Crippen molar-refractivity contribution in [3.05, 3.63) is 51.5 Å². The average Bonchev–Trinajstić information content (AvgIpc) is 3.08. The first-order chi connectivity index (χ1) is 13.5. The molecule has 2 heterocycles. The summed E-state index contributed by atoms with van der Waals surface area (Å²) in [6.45, 7) is 1.16. The van der Waals surface area contributed by atoms with Crippen LogP contribution in [0.2, 0.25) is 10.0 Å². The van der Waals surface area contributed by atoms with Crippen molar-refractivity contribution in [3.8, 4) is 17.2 Å². The van der Waals surface area contributed by atoms with Crippen molar-refractivity contribution >= 4 is 29.2 Å². The Morgan fingerprint density at radius 1 is 1.14 bits per heavy atom. The predicted octanol–water partition coefficient (Wildman–Crippen LogP) is 3.23. The van der Waals surface area contributed by atoms with E-state index in [1.165, 1.54) is 0 Å². The maximum absolute atomic E-state index is 12.2. The second kappa shape index (κ2) is 7.95. The second-order valence-electron chi connectivity index (χ2n) is 6.44. The van der Waals surface area contributed by atoms with Crippen LogP contribution >= 0.6 is 23.2 Å². The fourth-order valence-corrected chi connectivity index (χ4v) is 3.60. The standard InChI is InChI=1S/C19H18Cl2N2O5/c20-11-1-2-16-12(7-11)14(9-28-16)23-19(25)22-8-15(24)10-5-13(21)18-17(6-10)26-3-4-27-18/h1-2,5-7,14-15,24H,3-4,8-9H2,(H2,22,23,25). The van der Waals surface area contributed by atoms with Crippen LogP contribution < -0.4 is 24.8 Å². The molecule has 0 radical (unpaired) electrons. The third-order valence-corrected chi connectivity index (χ3v) is 5.03. The molecular weight excluding hydrogens is 407 g/mol. The Kier molecular flexibility index (Phi) is 5.39. The Morgan fingerprint density at radius 3 is 2.82 bits per heavy atom. The first kappa shape index (κ1) is 19.0. The summed E-state index contributed by atoms with van der Waals surface area (Å²) in [7, 11) is 0. The predicted molar refractivity (Wildman–Crippen MR) is 104 cm³/mol. The summed E-state index contributed by atoms with van der Waals surface area (Å²) < 4.78 is 16.5. The summed E-state index contributed by atoms with van der Waals surface area (Å²) in [6, 6.07) is 7.79. The van der Waals surface area contributed by atoms with E-state index in [4.69, 9.17) is 37.4 Å². The van der Waals surface area contributed by atoms with Crippen LogP contribution in [0.5, 0.6) is 17.2 Å². The van der Waals surface area contributed by atoms with Crippen molar-refractivity contribution < 1.29 is 24.1 Å². The molecule has 0 saturated heterocycles. The number of aliphatic hydroxyl groups is 1. The van der Waals surface area contributed by atoms with Gasteiger partial charge in [-0.05, 0) is 35.9 Å². The Bertz CT molecular complexity index is 908. The lowest BCUT2D eigenvalue weighted by atomic mass is 10.1. The molecule has 7 nitrogen and oxygen atoms in total. The molecule has 3 N–H and O–H groups in total. The second-order valence-corrected chi connectivity index (χ2v) is 7.29. The fourth-order valence-electron chi connectivity index (χ4n) is 3.15. The highest BCUT2D eigenvalue weighted by atomic mass is 35.5. The van der Waals surface area contributed by atoms with Gasteiger partial charge in [0.25, 0.3) is 0 Å². The summed E-state index contributed by atoms with van der Waals surface area (Å²) in [6.07, 6.45) is -0.958. The van der Waals surface area contributed by atoms with Crippen molar-refractivity contribution in [3.63, 3.8) is 0 Å². The average molecular weight is 425 g/mol. The van der Waals surface area contributed by atoms with Gasteiger partial charge in [0.15, 0.2) is 11.5 Å². The first-order valence-electron chi connectivity index (χ1n) is 8.75. The van der Waals surface area contributed by atoms with E-state index in [9.17, 15) is 9.90 Å². The van der Waals surface area contributed by atoms with E-state index in [1.807, 2.05) is 0 Å². The van der Waals surface area contributed by atoms with E-state index < -0.39 is 12.1 Å². The molecule has 2 atom stereocenters. The lowest BCUT2D eigenvalue weighted by molar-refractivity contribution is 0.162. The monoisotopic (exact) mass is 424 g/mol. The minimum atomic E-state index is -0.958. The van der Waals surface area contributed by atoms with E-state index in [-0.39, 0.29) is 12.6 Å². The largest absolute Gasteiger partial charge is 0.491 e. The summed E-state index contributed by atoms with van der Waals surface area (Å²) in [5, 5.41) is 16.8. The molecule has 9 heteroatoms. The van der Waals surface area contributed by atoms with Gasteiger partial charge in [-0.1, -0.05) is 23.2 Å². The lowest BCUT2D eigenvalue weighted by Gasteiger charge is -2.22. The van der Waals surface area contributed by atoms with Gasteiger partial charge in [0.2, 0.25) is 0 Å². The molecule has 0 aromatic heterocycles. The smallest absolute Gasteiger partial charge is 0.315 e. The molecule has 4 rings (SSSR count). The van der Waals surface area contributed by atoms with E-state index in [1.54, 1.807) is 30.3 Å². The van der Waals surface area contributed by atoms with Crippen molar-refractivity contribution in [1.29, 1.82) is 0 Å². The number of hydrogen-bond donors (Lipinski definition) is 3. The summed E-state index contributed by atoms with van der Waals surface area (Å²) in [5.74, 6) is 1.64. The zero-order valence-electron chi connectivity index (χ0n) is 14.7. The molecule has 0 aliphatic carbocycles. The molecule has 28 heavy (non-hydrogen) atoms. The van der Waals surface area contributed by atoms with Crippen LogP contribution in [0.3, 0.4) is 0 Å². The fraction of sp³-hybridized carbons (Fsp3) is 0.316. The molecule has 2 unspecified atom stereocenters. The van der Waals surface area contributed by atoms with E-state index in [0.29, 0.717) is 52.7 Å². The summed E-state index contributed by atoms with van der Waals surface area (Å²) in [5.41, 5.74) is 1.35. The van der Waals surface area contributed by atoms with Crippen LogP contribution in [0.4, 0.5) is 4.79 Å². The van der Waals surface area contributed by atoms with Gasteiger partial charge in [0, 0.05) is 17.1 Å². The van der Waals surface area contributed by atoms with Gasteiger partial charge < -0.3 is 30.0 Å². The number of hydrogen-bond acceptors (Lipinski definition) is 5.